The van der Waals surface area contributed by atoms with Gasteiger partial charge in [0.25, 0.3) is 0 Å². The van der Waals surface area contributed by atoms with E-state index in [2.05, 4.69) is 0 Å². The summed E-state index contributed by atoms with van der Waals surface area (Å²) in [5.74, 6) is 0. The van der Waals surface area contributed by atoms with Gasteiger partial charge in [-0.3, -0.25) is 9.80 Å². The number of carbonyl (C=O) groups is 2. The number of amides is 2. The van der Waals surface area contributed by atoms with Crippen molar-refractivity contribution in [3.8, 4) is 11.1 Å². The van der Waals surface area contributed by atoms with Crippen LogP contribution in [0.5, 0.6) is 0 Å². The Morgan fingerprint density at radius 3 is 2.33 bits per heavy atom. The Kier molecular flexibility index (Phi) is 8.08. The standard InChI is InChI=1S/C34H40N2O6/c1-33(2,3)41-31(37)35-16-10-13-28(29(35)23-11-8-7-9-12-23)36(32(38)42-34(4,5)6)21-27-20-26(25-14-17-39-22-25)19-24-15-18-40-30(24)27/h7-9,11-12,14-15,17-20,22,28-29H,10,13,16,21H2,1-6H3/t28-,29-/m1/s1. The molecule has 2 aromatic carbocycles. The van der Waals surface area contributed by atoms with Gasteiger partial charge in [0.15, 0.2) is 0 Å². The van der Waals surface area contributed by atoms with E-state index >= 15 is 0 Å². The first kappa shape index (κ1) is 29.3. The molecular weight excluding hydrogens is 532 g/mol. The molecule has 1 aliphatic rings. The molecule has 1 fully saturated rings. The molecule has 0 spiro atoms. The van der Waals surface area contributed by atoms with Crippen molar-refractivity contribution >= 4 is 23.2 Å². The van der Waals surface area contributed by atoms with Crippen LogP contribution >= 0.6 is 0 Å². The molecule has 5 rings (SSSR count). The van der Waals surface area contributed by atoms with Crippen molar-refractivity contribution in [2.75, 3.05) is 6.54 Å². The van der Waals surface area contributed by atoms with Crippen LogP contribution in [-0.4, -0.2) is 45.8 Å². The Balaban J connectivity index is 1.60. The van der Waals surface area contributed by atoms with Gasteiger partial charge in [0.05, 0.1) is 37.4 Å². The number of rotatable bonds is 5. The fourth-order valence-corrected chi connectivity index (χ4v) is 5.57. The van der Waals surface area contributed by atoms with Crippen molar-refractivity contribution in [3.05, 3.63) is 84.5 Å². The van der Waals surface area contributed by atoms with Crippen LogP contribution in [0.4, 0.5) is 9.59 Å². The molecule has 0 aliphatic carbocycles. The average molecular weight is 573 g/mol. The zero-order valence-electron chi connectivity index (χ0n) is 25.3. The largest absolute Gasteiger partial charge is 0.472 e. The second kappa shape index (κ2) is 11.6. The Bertz CT molecular complexity index is 1510. The van der Waals surface area contributed by atoms with Gasteiger partial charge in [-0.15, -0.1) is 0 Å². The topological polar surface area (TPSA) is 85.4 Å². The molecule has 2 aromatic heterocycles. The summed E-state index contributed by atoms with van der Waals surface area (Å²) in [7, 11) is 0. The number of piperidine rings is 1. The lowest BCUT2D eigenvalue weighted by Crippen LogP contribution is -2.54. The van der Waals surface area contributed by atoms with Crippen LogP contribution < -0.4 is 0 Å². The molecule has 0 saturated carbocycles. The van der Waals surface area contributed by atoms with Crippen LogP contribution in [0.1, 0.15) is 71.6 Å². The third kappa shape index (κ3) is 6.64. The van der Waals surface area contributed by atoms with E-state index in [1.54, 1.807) is 28.6 Å². The van der Waals surface area contributed by atoms with Gasteiger partial charge in [-0.1, -0.05) is 30.3 Å². The Labute approximate surface area is 247 Å². The van der Waals surface area contributed by atoms with Gasteiger partial charge in [0.1, 0.15) is 16.8 Å². The number of hydrogen-bond donors (Lipinski definition) is 0. The highest BCUT2D eigenvalue weighted by molar-refractivity contribution is 5.86. The van der Waals surface area contributed by atoms with Crippen LogP contribution in [-0.2, 0) is 16.0 Å². The number of ether oxygens (including phenoxy) is 2. The summed E-state index contributed by atoms with van der Waals surface area (Å²) in [4.78, 5) is 31.2. The summed E-state index contributed by atoms with van der Waals surface area (Å²) in [6, 6.07) is 16.9. The van der Waals surface area contributed by atoms with Crippen LogP contribution in [0.3, 0.4) is 0 Å². The smallest absolute Gasteiger partial charge is 0.410 e. The molecule has 0 radical (unpaired) electrons. The monoisotopic (exact) mass is 572 g/mol. The van der Waals surface area contributed by atoms with E-state index < -0.39 is 29.4 Å². The molecule has 2 amide bonds. The lowest BCUT2D eigenvalue weighted by molar-refractivity contribution is -0.0262. The van der Waals surface area contributed by atoms with Crippen molar-refractivity contribution in [2.24, 2.45) is 0 Å². The zero-order valence-corrected chi connectivity index (χ0v) is 25.3. The number of benzene rings is 2. The minimum atomic E-state index is -0.713. The molecule has 8 nitrogen and oxygen atoms in total. The maximum absolute atomic E-state index is 14.1. The molecule has 1 saturated heterocycles. The van der Waals surface area contributed by atoms with Gasteiger partial charge >= 0.3 is 12.2 Å². The first-order valence-corrected chi connectivity index (χ1v) is 14.5. The molecule has 42 heavy (non-hydrogen) atoms. The zero-order chi connectivity index (χ0) is 30.1. The van der Waals surface area contributed by atoms with Crippen LogP contribution in [0, 0.1) is 0 Å². The first-order chi connectivity index (χ1) is 19.9. The van der Waals surface area contributed by atoms with Crippen molar-refractivity contribution in [3.63, 3.8) is 0 Å². The van der Waals surface area contributed by atoms with Gasteiger partial charge < -0.3 is 18.3 Å². The number of carbonyl (C=O) groups excluding carboxylic acids is 2. The Hall–Kier alpha value is -4.20. The van der Waals surface area contributed by atoms with Gasteiger partial charge in [-0.05, 0) is 89.8 Å². The van der Waals surface area contributed by atoms with E-state index in [4.69, 9.17) is 18.3 Å². The third-order valence-electron chi connectivity index (χ3n) is 7.22. The minimum absolute atomic E-state index is 0.223. The molecule has 0 N–H and O–H groups in total. The molecule has 1 aliphatic heterocycles. The van der Waals surface area contributed by atoms with E-state index in [-0.39, 0.29) is 12.6 Å². The Morgan fingerprint density at radius 2 is 1.67 bits per heavy atom. The molecule has 0 bridgehead atoms. The predicted molar refractivity (Wildman–Crippen MR) is 161 cm³/mol. The number of likely N-dealkylation sites (tertiary alicyclic amines) is 1. The quantitative estimate of drug-likeness (QED) is 0.238. The van der Waals surface area contributed by atoms with E-state index in [0.29, 0.717) is 25.0 Å². The molecule has 4 aromatic rings. The van der Waals surface area contributed by atoms with E-state index in [1.807, 2.05) is 96.1 Å². The highest BCUT2D eigenvalue weighted by atomic mass is 16.6. The summed E-state index contributed by atoms with van der Waals surface area (Å²) in [5.41, 5.74) is 2.98. The van der Waals surface area contributed by atoms with Crippen molar-refractivity contribution in [1.82, 2.24) is 9.80 Å². The molecular formula is C34H40N2O6. The fraction of sp³-hybridized carbons (Fsp3) is 0.412. The average Bonchev–Trinajstić information content (AvgIpc) is 3.62. The molecule has 0 unspecified atom stereocenters. The normalized spacial score (nSPS) is 17.7. The molecule has 8 heteroatoms. The molecule has 3 heterocycles. The maximum atomic E-state index is 14.1. The summed E-state index contributed by atoms with van der Waals surface area (Å²) in [6.45, 7) is 11.9. The maximum Gasteiger partial charge on any atom is 0.410 e. The molecule has 222 valence electrons. The van der Waals surface area contributed by atoms with Crippen LogP contribution in [0.25, 0.3) is 22.1 Å². The summed E-state index contributed by atoms with van der Waals surface area (Å²) < 4.78 is 23.1. The summed E-state index contributed by atoms with van der Waals surface area (Å²) >= 11 is 0. The third-order valence-corrected chi connectivity index (χ3v) is 7.22. The summed E-state index contributed by atoms with van der Waals surface area (Å²) in [5, 5.41) is 0.923. The number of nitrogens with zero attached hydrogens (tertiary/aromatic N) is 2. The van der Waals surface area contributed by atoms with Crippen molar-refractivity contribution in [2.45, 2.75) is 84.2 Å². The van der Waals surface area contributed by atoms with Gasteiger partial charge in [0.2, 0.25) is 0 Å². The number of hydrogen-bond acceptors (Lipinski definition) is 6. The second-order valence-corrected chi connectivity index (χ2v) is 12.8. The van der Waals surface area contributed by atoms with Crippen LogP contribution in [0.2, 0.25) is 0 Å². The van der Waals surface area contributed by atoms with E-state index in [9.17, 15) is 9.59 Å². The lowest BCUT2D eigenvalue weighted by Gasteiger charge is -2.46. The highest BCUT2D eigenvalue weighted by Crippen LogP contribution is 2.38. The van der Waals surface area contributed by atoms with Gasteiger partial charge in [0, 0.05) is 23.1 Å². The summed E-state index contributed by atoms with van der Waals surface area (Å²) in [6.07, 6.45) is 5.52. The Morgan fingerprint density at radius 1 is 0.929 bits per heavy atom. The SMILES string of the molecule is CC(C)(C)OC(=O)N(Cc1cc(-c2ccoc2)cc2ccoc12)[C@@H]1CCCN(C(=O)OC(C)(C)C)[C@@H]1c1ccccc1. The van der Waals surface area contributed by atoms with Crippen molar-refractivity contribution in [1.29, 1.82) is 0 Å². The predicted octanol–water partition coefficient (Wildman–Crippen LogP) is 8.57. The van der Waals surface area contributed by atoms with Gasteiger partial charge in [-0.2, -0.15) is 0 Å². The van der Waals surface area contributed by atoms with Crippen LogP contribution in [0.15, 0.2) is 82.2 Å². The second-order valence-electron chi connectivity index (χ2n) is 12.8. The highest BCUT2D eigenvalue weighted by Gasteiger charge is 2.43. The van der Waals surface area contributed by atoms with Crippen molar-refractivity contribution < 1.29 is 27.9 Å². The minimum Gasteiger partial charge on any atom is -0.472 e. The molecule has 2 atom stereocenters. The number of furan rings is 2. The van der Waals surface area contributed by atoms with E-state index in [0.717, 1.165) is 27.6 Å². The van der Waals surface area contributed by atoms with Gasteiger partial charge in [-0.25, -0.2) is 9.59 Å². The first-order valence-electron chi connectivity index (χ1n) is 14.5. The lowest BCUT2D eigenvalue weighted by atomic mass is 9.89. The number of fused-ring (bicyclic) bond motifs is 1. The van der Waals surface area contributed by atoms with E-state index in [1.165, 1.54) is 0 Å². The fourth-order valence-electron chi connectivity index (χ4n) is 5.57.